The van der Waals surface area contributed by atoms with Crippen molar-refractivity contribution in [1.82, 2.24) is 9.55 Å². The Labute approximate surface area is 87.7 Å². The molecule has 2 heterocycles. The summed E-state index contributed by atoms with van der Waals surface area (Å²) < 4.78 is 1.92. The maximum absolute atomic E-state index is 10.8. The van der Waals surface area contributed by atoms with Crippen molar-refractivity contribution in [3.63, 3.8) is 0 Å². The number of fused-ring (bicyclic) bond motifs is 1. The van der Waals surface area contributed by atoms with Gasteiger partial charge in [-0.05, 0) is 12.1 Å². The van der Waals surface area contributed by atoms with E-state index in [-0.39, 0.29) is 0 Å². The normalized spacial score (nSPS) is 10.1. The molecule has 0 saturated carbocycles. The standard InChI is InChI=1S/C12H10N2O/c1-2-3-7-14-8-10(9-15)11-5-4-6-13-12(11)14/h1,4-6,8-9H,3,7H2. The van der Waals surface area contributed by atoms with Crippen molar-refractivity contribution in [3.05, 3.63) is 30.1 Å². The lowest BCUT2D eigenvalue weighted by atomic mass is 10.2. The first-order chi connectivity index (χ1) is 7.36. The number of nitrogens with zero attached hydrogens (tertiary/aromatic N) is 2. The molecule has 0 atom stereocenters. The lowest BCUT2D eigenvalue weighted by Gasteiger charge is -1.99. The minimum Gasteiger partial charge on any atom is -0.331 e. The molecule has 0 aromatic carbocycles. The summed E-state index contributed by atoms with van der Waals surface area (Å²) in [6.45, 7) is 0.692. The third kappa shape index (κ3) is 1.62. The molecule has 3 heteroatoms. The number of aryl methyl sites for hydroxylation is 1. The summed E-state index contributed by atoms with van der Waals surface area (Å²) in [7, 11) is 0. The third-order valence-electron chi connectivity index (χ3n) is 2.29. The van der Waals surface area contributed by atoms with Crippen LogP contribution in [-0.4, -0.2) is 15.8 Å². The summed E-state index contributed by atoms with van der Waals surface area (Å²) in [4.78, 5) is 15.1. The largest absolute Gasteiger partial charge is 0.331 e. The highest BCUT2D eigenvalue weighted by Gasteiger charge is 2.07. The first-order valence-corrected chi connectivity index (χ1v) is 4.69. The molecule has 0 fully saturated rings. The second-order valence-electron chi connectivity index (χ2n) is 3.22. The van der Waals surface area contributed by atoms with Crippen LogP contribution in [0.4, 0.5) is 0 Å². The van der Waals surface area contributed by atoms with Gasteiger partial charge in [0.2, 0.25) is 0 Å². The summed E-state index contributed by atoms with van der Waals surface area (Å²) in [6.07, 6.45) is 10.2. The van der Waals surface area contributed by atoms with Crippen LogP contribution in [0.2, 0.25) is 0 Å². The second kappa shape index (κ2) is 3.97. The molecule has 0 aliphatic rings. The van der Waals surface area contributed by atoms with Crippen LogP contribution in [-0.2, 0) is 6.54 Å². The molecule has 3 nitrogen and oxygen atoms in total. The smallest absolute Gasteiger partial charge is 0.152 e. The Morgan fingerprint density at radius 3 is 3.20 bits per heavy atom. The molecule has 0 bridgehead atoms. The maximum Gasteiger partial charge on any atom is 0.152 e. The second-order valence-corrected chi connectivity index (χ2v) is 3.22. The van der Waals surface area contributed by atoms with Crippen molar-refractivity contribution >= 4 is 17.3 Å². The van der Waals surface area contributed by atoms with Gasteiger partial charge in [0.25, 0.3) is 0 Å². The molecule has 15 heavy (non-hydrogen) atoms. The number of carbonyl (C=O) groups is 1. The molecule has 0 radical (unpaired) electrons. The zero-order valence-electron chi connectivity index (χ0n) is 8.18. The Balaban J connectivity index is 2.55. The average Bonchev–Trinajstić information content (AvgIpc) is 2.65. The van der Waals surface area contributed by atoms with Crippen LogP contribution >= 0.6 is 0 Å². The molecule has 74 valence electrons. The minimum atomic E-state index is 0.638. The Hall–Kier alpha value is -2.08. The number of carbonyl (C=O) groups excluding carboxylic acids is 1. The summed E-state index contributed by atoms with van der Waals surface area (Å²) in [5.41, 5.74) is 1.48. The zero-order valence-corrected chi connectivity index (χ0v) is 8.18. The molecule has 0 unspecified atom stereocenters. The number of pyridine rings is 1. The van der Waals surface area contributed by atoms with Gasteiger partial charge in [-0.25, -0.2) is 4.98 Å². The van der Waals surface area contributed by atoms with Crippen LogP contribution in [0.3, 0.4) is 0 Å². The Bertz CT molecular complexity index is 534. The van der Waals surface area contributed by atoms with Gasteiger partial charge >= 0.3 is 0 Å². The Morgan fingerprint density at radius 2 is 2.47 bits per heavy atom. The van der Waals surface area contributed by atoms with Crippen LogP contribution in [0.25, 0.3) is 11.0 Å². The van der Waals surface area contributed by atoms with Crippen LogP contribution < -0.4 is 0 Å². The number of hydrogen-bond donors (Lipinski definition) is 0. The number of aldehydes is 1. The fraction of sp³-hybridized carbons (Fsp3) is 0.167. The lowest BCUT2D eigenvalue weighted by Crippen LogP contribution is -1.95. The zero-order chi connectivity index (χ0) is 10.7. The molecule has 0 aliphatic heterocycles. The van der Waals surface area contributed by atoms with E-state index in [1.165, 1.54) is 0 Å². The van der Waals surface area contributed by atoms with Crippen LogP contribution in [0.1, 0.15) is 16.8 Å². The van der Waals surface area contributed by atoms with E-state index >= 15 is 0 Å². The monoisotopic (exact) mass is 198 g/mol. The van der Waals surface area contributed by atoms with Gasteiger partial charge in [0, 0.05) is 36.3 Å². The lowest BCUT2D eigenvalue weighted by molar-refractivity contribution is 0.112. The molecule has 2 aromatic rings. The summed E-state index contributed by atoms with van der Waals surface area (Å²) in [6, 6.07) is 3.71. The average molecular weight is 198 g/mol. The van der Waals surface area contributed by atoms with Crippen LogP contribution in [0.15, 0.2) is 24.5 Å². The molecular formula is C12H10N2O. The van der Waals surface area contributed by atoms with E-state index in [9.17, 15) is 4.79 Å². The van der Waals surface area contributed by atoms with E-state index in [2.05, 4.69) is 10.9 Å². The molecule has 0 amide bonds. The van der Waals surface area contributed by atoms with Crippen molar-refractivity contribution < 1.29 is 4.79 Å². The summed E-state index contributed by atoms with van der Waals surface area (Å²) in [5.74, 6) is 2.57. The van der Waals surface area contributed by atoms with Gasteiger partial charge in [-0.2, -0.15) is 0 Å². The highest BCUT2D eigenvalue weighted by molar-refractivity contribution is 5.95. The van der Waals surface area contributed by atoms with Gasteiger partial charge < -0.3 is 4.57 Å². The maximum atomic E-state index is 10.8. The van der Waals surface area contributed by atoms with Crippen molar-refractivity contribution in [3.8, 4) is 12.3 Å². The van der Waals surface area contributed by atoms with E-state index in [0.717, 1.165) is 17.3 Å². The molecule has 0 spiro atoms. The van der Waals surface area contributed by atoms with Crippen molar-refractivity contribution in [2.45, 2.75) is 13.0 Å². The van der Waals surface area contributed by atoms with E-state index in [1.807, 2.05) is 16.7 Å². The van der Waals surface area contributed by atoms with E-state index < -0.39 is 0 Å². The van der Waals surface area contributed by atoms with Gasteiger partial charge in [0.1, 0.15) is 5.65 Å². The number of hydrogen-bond acceptors (Lipinski definition) is 2. The van der Waals surface area contributed by atoms with Gasteiger partial charge in [-0.1, -0.05) is 0 Å². The van der Waals surface area contributed by atoms with Crippen LogP contribution in [0.5, 0.6) is 0 Å². The summed E-state index contributed by atoms with van der Waals surface area (Å²) >= 11 is 0. The van der Waals surface area contributed by atoms with E-state index in [0.29, 0.717) is 18.5 Å². The van der Waals surface area contributed by atoms with Crippen molar-refractivity contribution in [2.75, 3.05) is 0 Å². The third-order valence-corrected chi connectivity index (χ3v) is 2.29. The predicted molar refractivity (Wildman–Crippen MR) is 58.6 cm³/mol. The molecule has 0 N–H and O–H groups in total. The quantitative estimate of drug-likeness (QED) is 0.557. The highest BCUT2D eigenvalue weighted by Crippen LogP contribution is 2.17. The topological polar surface area (TPSA) is 34.9 Å². The number of terminal acetylenes is 1. The first kappa shape index (κ1) is 9.47. The van der Waals surface area contributed by atoms with Gasteiger partial charge in [-0.15, -0.1) is 12.3 Å². The SMILES string of the molecule is C#CCCn1cc(C=O)c2cccnc21. The number of aromatic nitrogens is 2. The van der Waals surface area contributed by atoms with Gasteiger partial charge in [0.05, 0.1) is 0 Å². The number of rotatable bonds is 3. The molecule has 2 aromatic heterocycles. The van der Waals surface area contributed by atoms with E-state index in [4.69, 9.17) is 6.42 Å². The molecule has 0 saturated heterocycles. The van der Waals surface area contributed by atoms with Crippen molar-refractivity contribution in [1.29, 1.82) is 0 Å². The Morgan fingerprint density at radius 1 is 1.60 bits per heavy atom. The van der Waals surface area contributed by atoms with Crippen LogP contribution in [0, 0.1) is 12.3 Å². The Kier molecular flexibility index (Phi) is 2.51. The van der Waals surface area contributed by atoms with E-state index in [1.54, 1.807) is 12.4 Å². The fourth-order valence-electron chi connectivity index (χ4n) is 1.60. The fourth-order valence-corrected chi connectivity index (χ4v) is 1.60. The molecule has 2 rings (SSSR count). The highest BCUT2D eigenvalue weighted by atomic mass is 16.1. The summed E-state index contributed by atoms with van der Waals surface area (Å²) in [5, 5.41) is 0.879. The molecular weight excluding hydrogens is 188 g/mol. The van der Waals surface area contributed by atoms with Gasteiger partial charge in [-0.3, -0.25) is 4.79 Å². The predicted octanol–water partition coefficient (Wildman–Crippen LogP) is 1.87. The minimum absolute atomic E-state index is 0.638. The van der Waals surface area contributed by atoms with Gasteiger partial charge in [0.15, 0.2) is 6.29 Å². The first-order valence-electron chi connectivity index (χ1n) is 4.69. The molecule has 0 aliphatic carbocycles. The van der Waals surface area contributed by atoms with Crippen molar-refractivity contribution in [2.24, 2.45) is 0 Å².